The van der Waals surface area contributed by atoms with Crippen molar-refractivity contribution in [2.45, 2.75) is 39.2 Å². The number of H-pyrrole nitrogens is 1. The second kappa shape index (κ2) is 6.02. The lowest BCUT2D eigenvalue weighted by Gasteiger charge is -2.21. The Hall–Kier alpha value is -2.21. The van der Waals surface area contributed by atoms with Gasteiger partial charge in [-0.25, -0.2) is 9.97 Å². The number of esters is 1. The van der Waals surface area contributed by atoms with Gasteiger partial charge < -0.3 is 9.72 Å². The highest BCUT2D eigenvalue weighted by atomic mass is 32.1. The van der Waals surface area contributed by atoms with E-state index in [1.807, 2.05) is 37.6 Å². The van der Waals surface area contributed by atoms with Crippen molar-refractivity contribution in [3.05, 3.63) is 35.0 Å². The molecule has 1 unspecified atom stereocenters. The monoisotopic (exact) mass is 341 g/mol. The minimum absolute atomic E-state index is 0.0744. The van der Waals surface area contributed by atoms with Crippen LogP contribution in [0.3, 0.4) is 0 Å². The van der Waals surface area contributed by atoms with Crippen molar-refractivity contribution in [3.63, 3.8) is 0 Å². The fourth-order valence-electron chi connectivity index (χ4n) is 3.24. The van der Waals surface area contributed by atoms with Gasteiger partial charge in [0.2, 0.25) is 0 Å². The van der Waals surface area contributed by atoms with Gasteiger partial charge in [0.15, 0.2) is 5.82 Å². The predicted molar refractivity (Wildman–Crippen MR) is 93.9 cm³/mol. The highest BCUT2D eigenvalue weighted by Gasteiger charge is 2.29. The number of aryl methyl sites for hydroxylation is 1. The van der Waals surface area contributed by atoms with Crippen LogP contribution in [0.2, 0.25) is 0 Å². The fraction of sp³-hybridized carbons (Fsp3) is 0.389. The van der Waals surface area contributed by atoms with Crippen LogP contribution in [0.15, 0.2) is 23.7 Å². The van der Waals surface area contributed by atoms with Crippen LogP contribution in [-0.4, -0.2) is 27.0 Å². The summed E-state index contributed by atoms with van der Waals surface area (Å²) in [7, 11) is 0. The van der Waals surface area contributed by atoms with Gasteiger partial charge in [-0.05, 0) is 44.6 Å². The summed E-state index contributed by atoms with van der Waals surface area (Å²) in [5.74, 6) is 0.558. The molecule has 24 heavy (non-hydrogen) atoms. The smallest absolute Gasteiger partial charge is 0.309 e. The van der Waals surface area contributed by atoms with E-state index >= 15 is 0 Å². The summed E-state index contributed by atoms with van der Waals surface area (Å²) >= 11 is 1.63. The number of rotatable bonds is 3. The van der Waals surface area contributed by atoms with Gasteiger partial charge in [0, 0.05) is 11.3 Å². The van der Waals surface area contributed by atoms with Crippen molar-refractivity contribution in [2.75, 3.05) is 0 Å². The van der Waals surface area contributed by atoms with Crippen LogP contribution in [-0.2, 0) is 22.4 Å². The SMILES string of the molecule is CC(C)OC(=O)C1CCc2[nH]c3cnc(-c4cccs4)nc3c2C1. The van der Waals surface area contributed by atoms with Gasteiger partial charge >= 0.3 is 5.97 Å². The molecule has 0 amide bonds. The van der Waals surface area contributed by atoms with E-state index in [1.54, 1.807) is 11.3 Å². The molecule has 5 nitrogen and oxygen atoms in total. The van der Waals surface area contributed by atoms with Crippen molar-refractivity contribution in [1.82, 2.24) is 15.0 Å². The van der Waals surface area contributed by atoms with E-state index in [-0.39, 0.29) is 18.0 Å². The highest BCUT2D eigenvalue weighted by Crippen LogP contribution is 2.32. The average molecular weight is 341 g/mol. The Balaban J connectivity index is 1.69. The van der Waals surface area contributed by atoms with Gasteiger partial charge in [-0.1, -0.05) is 6.07 Å². The Morgan fingerprint density at radius 3 is 3.08 bits per heavy atom. The molecule has 0 radical (unpaired) electrons. The normalized spacial score (nSPS) is 17.2. The first kappa shape index (κ1) is 15.3. The molecular weight excluding hydrogens is 322 g/mol. The van der Waals surface area contributed by atoms with E-state index in [9.17, 15) is 4.79 Å². The summed E-state index contributed by atoms with van der Waals surface area (Å²) in [6.45, 7) is 3.77. The highest BCUT2D eigenvalue weighted by molar-refractivity contribution is 7.13. The number of fused-ring (bicyclic) bond motifs is 3. The summed E-state index contributed by atoms with van der Waals surface area (Å²) in [5.41, 5.74) is 4.20. The second-order valence-corrected chi connectivity index (χ2v) is 7.39. The molecule has 6 heteroatoms. The number of carbonyl (C=O) groups is 1. The number of aromatic nitrogens is 3. The van der Waals surface area contributed by atoms with E-state index in [2.05, 4.69) is 9.97 Å². The molecule has 0 bridgehead atoms. The van der Waals surface area contributed by atoms with Crippen LogP contribution < -0.4 is 0 Å². The van der Waals surface area contributed by atoms with Crippen molar-refractivity contribution in [1.29, 1.82) is 0 Å². The zero-order valence-electron chi connectivity index (χ0n) is 13.7. The topological polar surface area (TPSA) is 67.9 Å². The number of ether oxygens (including phenoxy) is 1. The van der Waals surface area contributed by atoms with E-state index in [1.165, 1.54) is 5.69 Å². The molecule has 3 aromatic rings. The quantitative estimate of drug-likeness (QED) is 0.737. The van der Waals surface area contributed by atoms with Gasteiger partial charge in [0.05, 0.1) is 34.1 Å². The Morgan fingerprint density at radius 1 is 1.46 bits per heavy atom. The molecule has 0 spiro atoms. The van der Waals surface area contributed by atoms with Gasteiger partial charge in [0.25, 0.3) is 0 Å². The van der Waals surface area contributed by atoms with Gasteiger partial charge in [0.1, 0.15) is 0 Å². The number of carbonyl (C=O) groups excluding carboxylic acids is 1. The molecule has 1 N–H and O–H groups in total. The number of hydrogen-bond acceptors (Lipinski definition) is 5. The number of nitrogens with zero attached hydrogens (tertiary/aromatic N) is 2. The van der Waals surface area contributed by atoms with Crippen molar-refractivity contribution in [2.24, 2.45) is 5.92 Å². The van der Waals surface area contributed by atoms with Crippen LogP contribution in [0.4, 0.5) is 0 Å². The predicted octanol–water partition coefficient (Wildman–Crippen LogP) is 3.74. The molecule has 0 aliphatic heterocycles. The standard InChI is InChI=1S/C18H19N3O2S/c1-10(2)23-18(22)11-5-6-13-12(8-11)16-14(20-13)9-19-17(21-16)15-4-3-7-24-15/h3-4,7,9-11,20H,5-6,8H2,1-2H3. The molecule has 1 aliphatic carbocycles. The van der Waals surface area contributed by atoms with E-state index in [0.29, 0.717) is 6.42 Å². The molecule has 3 aromatic heterocycles. The molecule has 124 valence electrons. The molecule has 1 aliphatic rings. The maximum absolute atomic E-state index is 12.3. The third kappa shape index (κ3) is 2.71. The van der Waals surface area contributed by atoms with Gasteiger partial charge in [-0.2, -0.15) is 0 Å². The summed E-state index contributed by atoms with van der Waals surface area (Å²) in [4.78, 5) is 26.0. The Bertz CT molecular complexity index is 883. The van der Waals surface area contributed by atoms with Crippen LogP contribution in [0.1, 0.15) is 31.5 Å². The first-order chi connectivity index (χ1) is 11.6. The van der Waals surface area contributed by atoms with Crippen molar-refractivity contribution in [3.8, 4) is 10.7 Å². The lowest BCUT2D eigenvalue weighted by Crippen LogP contribution is -2.26. The van der Waals surface area contributed by atoms with Crippen LogP contribution >= 0.6 is 11.3 Å². The summed E-state index contributed by atoms with van der Waals surface area (Å²) in [6.07, 6.45) is 4.11. The minimum atomic E-state index is -0.0995. The third-order valence-electron chi connectivity index (χ3n) is 4.34. The maximum atomic E-state index is 12.3. The number of hydrogen-bond donors (Lipinski definition) is 1. The van der Waals surface area contributed by atoms with Crippen molar-refractivity contribution >= 4 is 28.3 Å². The fourth-order valence-corrected chi connectivity index (χ4v) is 3.90. The Morgan fingerprint density at radius 2 is 2.33 bits per heavy atom. The van der Waals surface area contributed by atoms with Gasteiger partial charge in [-0.3, -0.25) is 4.79 Å². The summed E-state index contributed by atoms with van der Waals surface area (Å²) < 4.78 is 5.40. The molecule has 4 rings (SSSR count). The van der Waals surface area contributed by atoms with E-state index in [0.717, 1.165) is 40.1 Å². The van der Waals surface area contributed by atoms with Crippen LogP contribution in [0.5, 0.6) is 0 Å². The molecule has 0 aromatic carbocycles. The lowest BCUT2D eigenvalue weighted by molar-refractivity contribution is -0.152. The molecular formula is C18H19N3O2S. The number of thiophene rings is 1. The molecule has 0 fully saturated rings. The number of aromatic amines is 1. The molecule has 0 saturated carbocycles. The van der Waals surface area contributed by atoms with Crippen molar-refractivity contribution < 1.29 is 9.53 Å². The minimum Gasteiger partial charge on any atom is -0.463 e. The second-order valence-electron chi connectivity index (χ2n) is 6.44. The molecule has 3 heterocycles. The van der Waals surface area contributed by atoms with E-state index < -0.39 is 0 Å². The zero-order chi connectivity index (χ0) is 16.7. The Labute approximate surface area is 144 Å². The maximum Gasteiger partial charge on any atom is 0.309 e. The zero-order valence-corrected chi connectivity index (χ0v) is 14.5. The largest absolute Gasteiger partial charge is 0.463 e. The van der Waals surface area contributed by atoms with Crippen LogP contribution in [0, 0.1) is 5.92 Å². The third-order valence-corrected chi connectivity index (χ3v) is 5.21. The van der Waals surface area contributed by atoms with E-state index in [4.69, 9.17) is 9.72 Å². The average Bonchev–Trinajstić information content (AvgIpc) is 3.20. The summed E-state index contributed by atoms with van der Waals surface area (Å²) in [6, 6.07) is 4.02. The van der Waals surface area contributed by atoms with Crippen LogP contribution in [0.25, 0.3) is 21.7 Å². The summed E-state index contributed by atoms with van der Waals surface area (Å²) in [5, 5.41) is 2.02. The molecule has 0 saturated heterocycles. The van der Waals surface area contributed by atoms with Gasteiger partial charge in [-0.15, -0.1) is 11.3 Å². The number of nitrogens with one attached hydrogen (secondary N) is 1. The first-order valence-electron chi connectivity index (χ1n) is 8.22. The lowest BCUT2D eigenvalue weighted by atomic mass is 9.87. The first-order valence-corrected chi connectivity index (χ1v) is 9.10. The molecule has 1 atom stereocenters. The Kier molecular flexibility index (Phi) is 3.84.